The van der Waals surface area contributed by atoms with Gasteiger partial charge in [-0.1, -0.05) is 26.8 Å². The molecule has 0 aliphatic carbocycles. The van der Waals surface area contributed by atoms with Crippen LogP contribution in [0.2, 0.25) is 0 Å². The summed E-state index contributed by atoms with van der Waals surface area (Å²) in [6.07, 6.45) is 3.38. The molecule has 6 nitrogen and oxygen atoms in total. The van der Waals surface area contributed by atoms with Crippen molar-refractivity contribution in [1.82, 2.24) is 5.32 Å². The quantitative estimate of drug-likeness (QED) is 0.747. The first-order valence-electron chi connectivity index (χ1n) is 5.91. The first-order valence-corrected chi connectivity index (χ1v) is 7.35. The highest BCUT2D eigenvalue weighted by Crippen LogP contribution is 2.14. The van der Waals surface area contributed by atoms with Gasteiger partial charge in [0.25, 0.3) is 10.1 Å². The molecule has 0 bridgehead atoms. The van der Waals surface area contributed by atoms with E-state index in [1.807, 2.05) is 26.8 Å². The van der Waals surface area contributed by atoms with Crippen LogP contribution in [0.5, 0.6) is 0 Å². The molecule has 0 aliphatic heterocycles. The molecule has 1 rings (SSSR count). The maximum atomic E-state index is 11.5. The second-order valence-electron chi connectivity index (χ2n) is 5.30. The zero-order valence-electron chi connectivity index (χ0n) is 11.5. The number of nitrogens with one attached hydrogen (secondary N) is 2. The number of urea groups is 1. The Bertz CT molecular complexity index is 598. The van der Waals surface area contributed by atoms with E-state index in [9.17, 15) is 13.2 Å². The topological polar surface area (TPSA) is 95.5 Å². The lowest BCUT2D eigenvalue weighted by Gasteiger charge is -2.11. The van der Waals surface area contributed by atoms with Gasteiger partial charge in [0.05, 0.1) is 4.90 Å². The molecule has 2 amide bonds. The molecule has 0 radical (unpaired) electrons. The first-order chi connectivity index (χ1) is 9.08. The molecular formula is C13H18N2O4S. The molecule has 0 fully saturated rings. The summed E-state index contributed by atoms with van der Waals surface area (Å²) in [7, 11) is -4.22. The minimum Gasteiger partial charge on any atom is -0.315 e. The number of carbonyl (C=O) groups excluding carboxylic acids is 1. The molecular weight excluding hydrogens is 280 g/mol. The van der Waals surface area contributed by atoms with E-state index in [0.29, 0.717) is 5.69 Å². The Morgan fingerprint density at radius 3 is 2.20 bits per heavy atom. The van der Waals surface area contributed by atoms with E-state index >= 15 is 0 Å². The third-order valence-electron chi connectivity index (χ3n) is 2.21. The summed E-state index contributed by atoms with van der Waals surface area (Å²) in [6.45, 7) is 5.99. The second-order valence-corrected chi connectivity index (χ2v) is 6.72. The number of anilines is 1. The Morgan fingerprint density at radius 1 is 1.20 bits per heavy atom. The van der Waals surface area contributed by atoms with E-state index in [4.69, 9.17) is 4.55 Å². The van der Waals surface area contributed by atoms with E-state index in [1.54, 1.807) is 6.20 Å². The molecule has 0 atom stereocenters. The lowest BCUT2D eigenvalue weighted by molar-refractivity contribution is 0.255. The van der Waals surface area contributed by atoms with Gasteiger partial charge in [0.15, 0.2) is 0 Å². The predicted molar refractivity (Wildman–Crippen MR) is 77.0 cm³/mol. The van der Waals surface area contributed by atoms with Crippen LogP contribution in [0.4, 0.5) is 10.5 Å². The van der Waals surface area contributed by atoms with Gasteiger partial charge >= 0.3 is 6.03 Å². The Kier molecular flexibility index (Phi) is 4.91. The number of benzene rings is 1. The van der Waals surface area contributed by atoms with Crippen molar-refractivity contribution in [2.45, 2.75) is 25.7 Å². The zero-order valence-corrected chi connectivity index (χ0v) is 12.4. The number of hydrogen-bond acceptors (Lipinski definition) is 3. The van der Waals surface area contributed by atoms with Crippen molar-refractivity contribution in [3.05, 3.63) is 36.5 Å². The first kappa shape index (κ1) is 16.2. The number of carbonyl (C=O) groups is 1. The Morgan fingerprint density at radius 2 is 1.75 bits per heavy atom. The second kappa shape index (κ2) is 6.06. The van der Waals surface area contributed by atoms with Gasteiger partial charge in [-0.15, -0.1) is 0 Å². The van der Waals surface area contributed by atoms with Crippen molar-refractivity contribution < 1.29 is 17.8 Å². The van der Waals surface area contributed by atoms with E-state index in [2.05, 4.69) is 10.6 Å². The van der Waals surface area contributed by atoms with Gasteiger partial charge in [-0.2, -0.15) is 8.42 Å². The van der Waals surface area contributed by atoms with Crippen molar-refractivity contribution in [3.63, 3.8) is 0 Å². The minimum atomic E-state index is -4.22. The molecule has 20 heavy (non-hydrogen) atoms. The molecule has 0 aliphatic rings. The standard InChI is InChI=1S/C13H18N2O4S/c1-13(2,3)8-9-14-12(16)15-10-4-6-11(7-5-10)20(17,18)19/h4-9H,1-3H3,(H2,14,15,16)(H,17,18,19)/b9-8+. The van der Waals surface area contributed by atoms with Crippen LogP contribution < -0.4 is 10.6 Å². The van der Waals surface area contributed by atoms with Crippen LogP contribution in [-0.2, 0) is 10.1 Å². The molecule has 0 saturated heterocycles. The van der Waals surface area contributed by atoms with Gasteiger partial charge in [-0.05, 0) is 29.7 Å². The summed E-state index contributed by atoms with van der Waals surface area (Å²) in [4.78, 5) is 11.3. The van der Waals surface area contributed by atoms with Crippen LogP contribution in [-0.4, -0.2) is 19.0 Å². The van der Waals surface area contributed by atoms with Crippen molar-refractivity contribution in [2.75, 3.05) is 5.32 Å². The number of amides is 2. The molecule has 1 aromatic rings. The summed E-state index contributed by atoms with van der Waals surface area (Å²) in [5, 5.41) is 5.06. The Hall–Kier alpha value is -1.86. The average molecular weight is 298 g/mol. The maximum absolute atomic E-state index is 11.5. The molecule has 0 unspecified atom stereocenters. The third kappa shape index (κ3) is 5.85. The molecule has 3 N–H and O–H groups in total. The third-order valence-corrected chi connectivity index (χ3v) is 3.08. The lowest BCUT2D eigenvalue weighted by atomic mass is 9.97. The molecule has 0 spiro atoms. The molecule has 0 heterocycles. The predicted octanol–water partition coefficient (Wildman–Crippen LogP) is 2.61. The fourth-order valence-corrected chi connectivity index (χ4v) is 1.72. The highest BCUT2D eigenvalue weighted by molar-refractivity contribution is 7.85. The van der Waals surface area contributed by atoms with Crippen molar-refractivity contribution >= 4 is 21.8 Å². The largest absolute Gasteiger partial charge is 0.323 e. The number of hydrogen-bond donors (Lipinski definition) is 3. The number of rotatable bonds is 3. The van der Waals surface area contributed by atoms with Gasteiger partial charge in [-0.3, -0.25) is 4.55 Å². The van der Waals surface area contributed by atoms with Crippen molar-refractivity contribution in [2.24, 2.45) is 5.41 Å². The summed E-state index contributed by atoms with van der Waals surface area (Å²) in [5.41, 5.74) is 0.379. The van der Waals surface area contributed by atoms with E-state index < -0.39 is 16.1 Å². The molecule has 0 saturated carbocycles. The van der Waals surface area contributed by atoms with Crippen LogP contribution in [0.3, 0.4) is 0 Å². The zero-order chi connectivity index (χ0) is 15.4. The smallest absolute Gasteiger partial charge is 0.315 e. The SMILES string of the molecule is CC(C)(C)/C=C/NC(=O)Nc1ccc(S(=O)(=O)O)cc1. The fraction of sp³-hybridized carbons (Fsp3) is 0.308. The Balaban J connectivity index is 2.61. The average Bonchev–Trinajstić information content (AvgIpc) is 2.26. The van der Waals surface area contributed by atoms with Crippen LogP contribution in [0, 0.1) is 5.41 Å². The van der Waals surface area contributed by atoms with E-state index in [-0.39, 0.29) is 10.3 Å². The Labute approximate surface area is 118 Å². The van der Waals surface area contributed by atoms with Gasteiger partial charge in [0.1, 0.15) is 0 Å². The molecule has 110 valence electrons. The van der Waals surface area contributed by atoms with E-state index in [1.165, 1.54) is 24.3 Å². The highest BCUT2D eigenvalue weighted by atomic mass is 32.2. The normalized spacial score (nSPS) is 12.4. The van der Waals surface area contributed by atoms with Crippen LogP contribution in [0.1, 0.15) is 20.8 Å². The van der Waals surface area contributed by atoms with Gasteiger partial charge < -0.3 is 10.6 Å². The molecule has 0 aromatic heterocycles. The maximum Gasteiger partial charge on any atom is 0.323 e. The van der Waals surface area contributed by atoms with Crippen LogP contribution in [0.15, 0.2) is 41.4 Å². The number of allylic oxidation sites excluding steroid dienone is 1. The van der Waals surface area contributed by atoms with Crippen molar-refractivity contribution in [1.29, 1.82) is 0 Å². The summed E-state index contributed by atoms with van der Waals surface area (Å²) in [6, 6.07) is 4.74. The fourth-order valence-electron chi connectivity index (χ4n) is 1.24. The summed E-state index contributed by atoms with van der Waals surface area (Å²) < 4.78 is 30.5. The molecule has 1 aromatic carbocycles. The highest BCUT2D eigenvalue weighted by Gasteiger charge is 2.09. The van der Waals surface area contributed by atoms with Gasteiger partial charge in [0, 0.05) is 11.9 Å². The summed E-state index contributed by atoms with van der Waals surface area (Å²) >= 11 is 0. The lowest BCUT2D eigenvalue weighted by Crippen LogP contribution is -2.24. The van der Waals surface area contributed by atoms with Crippen LogP contribution in [0.25, 0.3) is 0 Å². The molecule has 7 heteroatoms. The van der Waals surface area contributed by atoms with E-state index in [0.717, 1.165) is 0 Å². The van der Waals surface area contributed by atoms with Gasteiger partial charge in [0.2, 0.25) is 0 Å². The van der Waals surface area contributed by atoms with Gasteiger partial charge in [-0.25, -0.2) is 4.79 Å². The van der Waals surface area contributed by atoms with Crippen LogP contribution >= 0.6 is 0 Å². The van der Waals surface area contributed by atoms with Crippen molar-refractivity contribution in [3.8, 4) is 0 Å². The summed E-state index contributed by atoms with van der Waals surface area (Å²) in [5.74, 6) is 0. The monoisotopic (exact) mass is 298 g/mol. The minimum absolute atomic E-state index is 0.0373.